The Hall–Kier alpha value is -4.04. The molecule has 33 heavy (non-hydrogen) atoms. The molecular formula is C24H20ClN5O3. The van der Waals surface area contributed by atoms with Crippen LogP contribution in [-0.4, -0.2) is 27.8 Å². The molecule has 1 amide bonds. The average molecular weight is 462 g/mol. The number of aromatic nitrogens is 3. The number of nitrogens with zero attached hydrogens (tertiary/aromatic N) is 3. The monoisotopic (exact) mass is 461 g/mol. The smallest absolute Gasteiger partial charge is 0.255 e. The van der Waals surface area contributed by atoms with E-state index in [1.807, 2.05) is 31.2 Å². The number of carbonyl (C=O) groups is 1. The highest BCUT2D eigenvalue weighted by molar-refractivity contribution is 6.30. The summed E-state index contributed by atoms with van der Waals surface area (Å²) in [6.45, 7) is 1.84. The van der Waals surface area contributed by atoms with Gasteiger partial charge in [-0.25, -0.2) is 4.68 Å². The number of furan rings is 1. The second kappa shape index (κ2) is 8.48. The molecule has 1 aliphatic rings. The van der Waals surface area contributed by atoms with E-state index in [4.69, 9.17) is 20.8 Å². The van der Waals surface area contributed by atoms with Crippen molar-refractivity contribution in [1.29, 1.82) is 0 Å². The lowest BCUT2D eigenvalue weighted by Crippen LogP contribution is -2.31. The summed E-state index contributed by atoms with van der Waals surface area (Å²) in [5.74, 6) is 1.74. The van der Waals surface area contributed by atoms with Crippen molar-refractivity contribution in [3.63, 3.8) is 0 Å². The van der Waals surface area contributed by atoms with Crippen LogP contribution in [0, 0.1) is 0 Å². The summed E-state index contributed by atoms with van der Waals surface area (Å²) in [7, 11) is 1.56. The molecule has 4 aromatic rings. The number of rotatable bonds is 5. The number of anilines is 2. The van der Waals surface area contributed by atoms with E-state index < -0.39 is 6.04 Å². The van der Waals surface area contributed by atoms with Crippen molar-refractivity contribution in [2.75, 3.05) is 17.7 Å². The maximum atomic E-state index is 13.6. The Morgan fingerprint density at radius 2 is 1.94 bits per heavy atom. The molecule has 2 aromatic heterocycles. The topological polar surface area (TPSA) is 94.2 Å². The summed E-state index contributed by atoms with van der Waals surface area (Å²) in [5.41, 5.74) is 2.56. The minimum absolute atomic E-state index is 0.287. The Kier molecular flexibility index (Phi) is 5.35. The zero-order valence-corrected chi connectivity index (χ0v) is 18.6. The fourth-order valence-corrected chi connectivity index (χ4v) is 3.97. The Balaban J connectivity index is 1.60. The molecule has 0 unspecified atom stereocenters. The number of halogens is 1. The number of benzene rings is 2. The molecule has 3 heterocycles. The largest absolute Gasteiger partial charge is 0.495 e. The van der Waals surface area contributed by atoms with Crippen molar-refractivity contribution in [1.82, 2.24) is 14.8 Å². The standard InChI is InChI=1S/C24H20ClN5O3/c1-14-20(23(31)27-17-6-3-4-7-18(17)32-2)21(15-9-11-16(25)12-10-15)30-24(26-14)28-22(29-30)19-8-5-13-33-19/h3-13,21H,1-2H3,(H,27,31)(H,26,28,29)/t21-/m0/s1. The third-order valence-corrected chi connectivity index (χ3v) is 5.63. The van der Waals surface area contributed by atoms with Gasteiger partial charge >= 0.3 is 0 Å². The van der Waals surface area contributed by atoms with E-state index in [-0.39, 0.29) is 5.91 Å². The van der Waals surface area contributed by atoms with Crippen molar-refractivity contribution < 1.29 is 13.9 Å². The maximum absolute atomic E-state index is 13.6. The summed E-state index contributed by atoms with van der Waals surface area (Å²) in [6, 6.07) is 17.6. The van der Waals surface area contributed by atoms with Crippen LogP contribution in [0.3, 0.4) is 0 Å². The first-order valence-electron chi connectivity index (χ1n) is 10.2. The van der Waals surface area contributed by atoms with Crippen molar-refractivity contribution in [3.8, 4) is 17.3 Å². The number of allylic oxidation sites excluding steroid dienone is 1. The molecule has 5 rings (SSSR count). The van der Waals surface area contributed by atoms with Crippen LogP contribution in [0.15, 0.2) is 82.6 Å². The number of ether oxygens (including phenoxy) is 1. The normalized spacial score (nSPS) is 15.1. The maximum Gasteiger partial charge on any atom is 0.255 e. The summed E-state index contributed by atoms with van der Waals surface area (Å²) >= 11 is 6.13. The molecule has 0 bridgehead atoms. The number of methoxy groups -OCH3 is 1. The second-order valence-corrected chi connectivity index (χ2v) is 7.89. The summed E-state index contributed by atoms with van der Waals surface area (Å²) < 4.78 is 12.5. The SMILES string of the molecule is COc1ccccc1NC(=O)C1=C(C)Nc2nc(-c3ccco3)nn2[C@H]1c1ccc(Cl)cc1. The van der Waals surface area contributed by atoms with Crippen molar-refractivity contribution in [3.05, 3.63) is 88.8 Å². The average Bonchev–Trinajstić information content (AvgIpc) is 3.49. The molecule has 9 heteroatoms. The van der Waals surface area contributed by atoms with E-state index in [2.05, 4.69) is 20.7 Å². The van der Waals surface area contributed by atoms with Crippen LogP contribution in [0.4, 0.5) is 11.6 Å². The minimum Gasteiger partial charge on any atom is -0.495 e. The van der Waals surface area contributed by atoms with Gasteiger partial charge in [0.1, 0.15) is 11.8 Å². The summed E-state index contributed by atoms with van der Waals surface area (Å²) in [5, 5.41) is 11.4. The molecule has 0 fully saturated rings. The van der Waals surface area contributed by atoms with Crippen LogP contribution in [0.1, 0.15) is 18.5 Å². The fourth-order valence-electron chi connectivity index (χ4n) is 3.85. The van der Waals surface area contributed by atoms with Crippen molar-refractivity contribution in [2.45, 2.75) is 13.0 Å². The first kappa shape index (κ1) is 20.8. The van der Waals surface area contributed by atoms with Gasteiger partial charge in [0.25, 0.3) is 5.91 Å². The lowest BCUT2D eigenvalue weighted by Gasteiger charge is -2.28. The molecule has 0 aliphatic carbocycles. The molecular weight excluding hydrogens is 442 g/mol. The molecule has 2 aromatic carbocycles. The highest BCUT2D eigenvalue weighted by atomic mass is 35.5. The van der Waals surface area contributed by atoms with Crippen LogP contribution in [0.2, 0.25) is 5.02 Å². The van der Waals surface area contributed by atoms with Crippen LogP contribution in [-0.2, 0) is 4.79 Å². The van der Waals surface area contributed by atoms with E-state index in [0.717, 1.165) is 5.56 Å². The van der Waals surface area contributed by atoms with E-state index in [1.54, 1.807) is 54.5 Å². The van der Waals surface area contributed by atoms with E-state index in [0.29, 0.717) is 45.3 Å². The van der Waals surface area contributed by atoms with E-state index in [1.165, 1.54) is 0 Å². The zero-order valence-electron chi connectivity index (χ0n) is 17.9. The van der Waals surface area contributed by atoms with Gasteiger partial charge < -0.3 is 19.8 Å². The molecule has 166 valence electrons. The molecule has 0 saturated carbocycles. The molecule has 0 radical (unpaired) electrons. The van der Waals surface area contributed by atoms with Gasteiger partial charge in [-0.1, -0.05) is 35.9 Å². The number of para-hydroxylation sites is 2. The molecule has 1 aliphatic heterocycles. The lowest BCUT2D eigenvalue weighted by molar-refractivity contribution is -0.113. The Morgan fingerprint density at radius 3 is 2.67 bits per heavy atom. The van der Waals surface area contributed by atoms with E-state index in [9.17, 15) is 4.79 Å². The van der Waals surface area contributed by atoms with Gasteiger partial charge in [0.2, 0.25) is 11.8 Å². The predicted octanol–water partition coefficient (Wildman–Crippen LogP) is 5.13. The molecule has 0 spiro atoms. The molecule has 2 N–H and O–H groups in total. The van der Waals surface area contributed by atoms with Crippen molar-refractivity contribution in [2.24, 2.45) is 0 Å². The number of carbonyl (C=O) groups excluding carboxylic acids is 1. The minimum atomic E-state index is -0.538. The second-order valence-electron chi connectivity index (χ2n) is 7.45. The Bertz CT molecular complexity index is 1340. The molecule has 0 saturated heterocycles. The van der Waals surface area contributed by atoms with Gasteiger partial charge in [-0.05, 0) is 48.9 Å². The lowest BCUT2D eigenvalue weighted by atomic mass is 9.95. The van der Waals surface area contributed by atoms with E-state index >= 15 is 0 Å². The van der Waals surface area contributed by atoms with Gasteiger partial charge in [0.15, 0.2) is 5.76 Å². The first-order valence-corrected chi connectivity index (χ1v) is 10.6. The zero-order chi connectivity index (χ0) is 22.9. The van der Waals surface area contributed by atoms with Crippen LogP contribution in [0.25, 0.3) is 11.6 Å². The predicted molar refractivity (Wildman–Crippen MR) is 125 cm³/mol. The van der Waals surface area contributed by atoms with Crippen molar-refractivity contribution >= 4 is 29.1 Å². The van der Waals surface area contributed by atoms with Gasteiger partial charge in [-0.15, -0.1) is 5.10 Å². The highest BCUT2D eigenvalue weighted by Gasteiger charge is 2.35. The highest BCUT2D eigenvalue weighted by Crippen LogP contribution is 2.37. The third-order valence-electron chi connectivity index (χ3n) is 5.38. The summed E-state index contributed by atoms with van der Waals surface area (Å²) in [4.78, 5) is 18.1. The van der Waals surface area contributed by atoms with Gasteiger partial charge in [-0.2, -0.15) is 4.98 Å². The number of amides is 1. The number of hydrogen-bond donors (Lipinski definition) is 2. The van der Waals surface area contributed by atoms with Crippen LogP contribution < -0.4 is 15.4 Å². The van der Waals surface area contributed by atoms with Crippen LogP contribution >= 0.6 is 11.6 Å². The van der Waals surface area contributed by atoms with Gasteiger partial charge in [-0.3, -0.25) is 4.79 Å². The molecule has 8 nitrogen and oxygen atoms in total. The number of nitrogens with one attached hydrogen (secondary N) is 2. The summed E-state index contributed by atoms with van der Waals surface area (Å²) in [6.07, 6.45) is 1.56. The number of hydrogen-bond acceptors (Lipinski definition) is 6. The van der Waals surface area contributed by atoms with Crippen LogP contribution in [0.5, 0.6) is 5.75 Å². The third kappa shape index (κ3) is 3.85. The van der Waals surface area contributed by atoms with Gasteiger partial charge in [0.05, 0.1) is 24.6 Å². The Morgan fingerprint density at radius 1 is 1.15 bits per heavy atom. The fraction of sp³-hybridized carbons (Fsp3) is 0.125. The quantitative estimate of drug-likeness (QED) is 0.428. The van der Waals surface area contributed by atoms with Gasteiger partial charge in [0, 0.05) is 10.7 Å². The molecule has 1 atom stereocenters. The number of fused-ring (bicyclic) bond motifs is 1. The Labute approximate surface area is 194 Å². The first-order chi connectivity index (χ1) is 16.0.